The van der Waals surface area contributed by atoms with Crippen LogP contribution in [0.1, 0.15) is 28.5 Å². The van der Waals surface area contributed by atoms with E-state index in [9.17, 15) is 5.26 Å². The standard InChI is InChI=1S/C19H15ClN4O2/c1-9-11(4-3-5-13(9)20)14-6-7-15(25-14)17-12(8-21)18(22)26-19-16(17)10(2)23-24-19/h3-7,17H,22H2,1-2H3,(H,23,24). The number of fused-ring (bicyclic) bond motifs is 1. The molecule has 4 rings (SSSR count). The maximum Gasteiger partial charge on any atom is 0.244 e. The molecule has 0 fully saturated rings. The van der Waals surface area contributed by atoms with Gasteiger partial charge in [0.05, 0.1) is 11.5 Å². The molecule has 1 atom stereocenters. The second-order valence-electron chi connectivity index (χ2n) is 6.11. The van der Waals surface area contributed by atoms with Crippen LogP contribution in [0.2, 0.25) is 5.02 Å². The van der Waals surface area contributed by atoms with Crippen molar-refractivity contribution >= 4 is 11.6 Å². The van der Waals surface area contributed by atoms with Crippen molar-refractivity contribution in [3.05, 3.63) is 69.4 Å². The third-order valence-electron chi connectivity index (χ3n) is 4.57. The van der Waals surface area contributed by atoms with E-state index in [1.807, 2.05) is 44.2 Å². The number of allylic oxidation sites excluding steroid dienone is 1. The lowest BCUT2D eigenvalue weighted by Gasteiger charge is -2.21. The summed E-state index contributed by atoms with van der Waals surface area (Å²) in [4.78, 5) is 0. The molecule has 3 N–H and O–H groups in total. The molecular formula is C19H15ClN4O2. The molecule has 1 aromatic carbocycles. The van der Waals surface area contributed by atoms with Crippen LogP contribution in [0.4, 0.5) is 0 Å². The zero-order chi connectivity index (χ0) is 18.4. The molecule has 3 aromatic rings. The van der Waals surface area contributed by atoms with Gasteiger partial charge in [-0.05, 0) is 37.6 Å². The number of ether oxygens (including phenoxy) is 1. The van der Waals surface area contributed by atoms with Gasteiger partial charge in [-0.2, -0.15) is 5.26 Å². The Morgan fingerprint density at radius 3 is 2.85 bits per heavy atom. The lowest BCUT2D eigenvalue weighted by Crippen LogP contribution is -2.20. The minimum Gasteiger partial charge on any atom is -0.460 e. The number of rotatable bonds is 2. The fourth-order valence-electron chi connectivity index (χ4n) is 3.21. The number of nitriles is 1. The van der Waals surface area contributed by atoms with Crippen molar-refractivity contribution in [1.82, 2.24) is 10.2 Å². The highest BCUT2D eigenvalue weighted by Crippen LogP contribution is 2.44. The molecule has 7 heteroatoms. The topological polar surface area (TPSA) is 101 Å². The van der Waals surface area contributed by atoms with Crippen LogP contribution in [0.3, 0.4) is 0 Å². The van der Waals surface area contributed by atoms with Crippen molar-refractivity contribution < 1.29 is 9.15 Å². The first-order valence-corrected chi connectivity index (χ1v) is 8.36. The highest BCUT2D eigenvalue weighted by Gasteiger charge is 2.36. The summed E-state index contributed by atoms with van der Waals surface area (Å²) < 4.78 is 11.6. The van der Waals surface area contributed by atoms with E-state index in [0.29, 0.717) is 28.0 Å². The largest absolute Gasteiger partial charge is 0.460 e. The van der Waals surface area contributed by atoms with Crippen LogP contribution in [0.5, 0.6) is 5.88 Å². The van der Waals surface area contributed by atoms with Crippen molar-refractivity contribution in [1.29, 1.82) is 5.26 Å². The van der Waals surface area contributed by atoms with Crippen LogP contribution in [-0.4, -0.2) is 10.2 Å². The van der Waals surface area contributed by atoms with Gasteiger partial charge in [0.15, 0.2) is 0 Å². The molecule has 26 heavy (non-hydrogen) atoms. The Morgan fingerprint density at radius 1 is 1.27 bits per heavy atom. The molecule has 6 nitrogen and oxygen atoms in total. The normalized spacial score (nSPS) is 16.2. The first-order valence-electron chi connectivity index (χ1n) is 7.99. The van der Waals surface area contributed by atoms with Crippen LogP contribution in [-0.2, 0) is 0 Å². The minimum absolute atomic E-state index is 0.0355. The number of hydrogen-bond donors (Lipinski definition) is 2. The highest BCUT2D eigenvalue weighted by molar-refractivity contribution is 6.31. The average molecular weight is 367 g/mol. The summed E-state index contributed by atoms with van der Waals surface area (Å²) >= 11 is 6.22. The molecule has 0 saturated heterocycles. The number of hydrogen-bond acceptors (Lipinski definition) is 5. The van der Waals surface area contributed by atoms with Crippen molar-refractivity contribution in [2.24, 2.45) is 5.73 Å². The van der Waals surface area contributed by atoms with Gasteiger partial charge in [0.2, 0.25) is 11.8 Å². The Hall–Kier alpha value is -3.17. The van der Waals surface area contributed by atoms with Crippen LogP contribution in [0.15, 0.2) is 46.2 Å². The van der Waals surface area contributed by atoms with Gasteiger partial charge < -0.3 is 14.9 Å². The van der Waals surface area contributed by atoms with Gasteiger partial charge in [0.25, 0.3) is 0 Å². The van der Waals surface area contributed by atoms with Gasteiger partial charge in [0, 0.05) is 16.3 Å². The fourth-order valence-corrected chi connectivity index (χ4v) is 3.38. The number of aromatic nitrogens is 2. The van der Waals surface area contributed by atoms with E-state index in [2.05, 4.69) is 16.3 Å². The summed E-state index contributed by atoms with van der Waals surface area (Å²) in [6.45, 7) is 3.80. The summed E-state index contributed by atoms with van der Waals surface area (Å²) in [5.41, 5.74) is 9.59. The van der Waals surface area contributed by atoms with Crippen LogP contribution in [0.25, 0.3) is 11.3 Å². The molecule has 130 valence electrons. The van der Waals surface area contributed by atoms with E-state index in [1.165, 1.54) is 0 Å². The number of nitrogens with two attached hydrogens (primary N) is 1. The number of aromatic amines is 1. The summed E-state index contributed by atoms with van der Waals surface area (Å²) in [6.07, 6.45) is 0. The third-order valence-corrected chi connectivity index (χ3v) is 4.98. The zero-order valence-electron chi connectivity index (χ0n) is 14.1. The van der Waals surface area contributed by atoms with Crippen molar-refractivity contribution in [2.45, 2.75) is 19.8 Å². The first-order chi connectivity index (χ1) is 12.5. The minimum atomic E-state index is -0.476. The number of benzene rings is 1. The predicted molar refractivity (Wildman–Crippen MR) is 96.5 cm³/mol. The lowest BCUT2D eigenvalue weighted by molar-refractivity contribution is 0.371. The molecule has 0 radical (unpaired) electrons. The molecule has 3 heterocycles. The predicted octanol–water partition coefficient (Wildman–Crippen LogP) is 4.16. The maximum atomic E-state index is 9.59. The van der Waals surface area contributed by atoms with Crippen LogP contribution < -0.4 is 10.5 Å². The van der Waals surface area contributed by atoms with Crippen molar-refractivity contribution in [3.8, 4) is 23.3 Å². The molecule has 1 aliphatic rings. The Morgan fingerprint density at radius 2 is 2.08 bits per heavy atom. The third kappa shape index (κ3) is 2.37. The van der Waals surface area contributed by atoms with Gasteiger partial charge in [-0.15, -0.1) is 5.10 Å². The van der Waals surface area contributed by atoms with Crippen LogP contribution in [0, 0.1) is 25.2 Å². The summed E-state index contributed by atoms with van der Waals surface area (Å²) in [6, 6.07) is 11.5. The first kappa shape index (κ1) is 16.3. The van der Waals surface area contributed by atoms with Gasteiger partial charge >= 0.3 is 0 Å². The van der Waals surface area contributed by atoms with E-state index < -0.39 is 5.92 Å². The Balaban J connectivity index is 1.86. The summed E-state index contributed by atoms with van der Waals surface area (Å²) in [5.74, 6) is 1.18. The molecule has 2 aromatic heterocycles. The highest BCUT2D eigenvalue weighted by atomic mass is 35.5. The Bertz CT molecular complexity index is 1090. The molecule has 0 spiro atoms. The number of halogens is 1. The van der Waals surface area contributed by atoms with Crippen molar-refractivity contribution in [3.63, 3.8) is 0 Å². The van der Waals surface area contributed by atoms with Gasteiger partial charge in [-0.1, -0.05) is 23.7 Å². The monoisotopic (exact) mass is 366 g/mol. The van der Waals surface area contributed by atoms with Gasteiger partial charge in [0.1, 0.15) is 23.2 Å². The quantitative estimate of drug-likeness (QED) is 0.709. The summed E-state index contributed by atoms with van der Waals surface area (Å²) in [7, 11) is 0. The fraction of sp³-hybridized carbons (Fsp3) is 0.158. The molecule has 0 saturated carbocycles. The van der Waals surface area contributed by atoms with Crippen molar-refractivity contribution in [2.75, 3.05) is 0 Å². The number of nitrogens with zero attached hydrogens (tertiary/aromatic N) is 2. The van der Waals surface area contributed by atoms with Gasteiger partial charge in [-0.3, -0.25) is 5.10 Å². The number of H-pyrrole nitrogens is 1. The number of nitrogens with one attached hydrogen (secondary N) is 1. The Labute approximate surface area is 154 Å². The summed E-state index contributed by atoms with van der Waals surface area (Å²) in [5, 5.41) is 17.2. The SMILES string of the molecule is Cc1[nH]nc2c1C(c1ccc(-c3cccc(Cl)c3C)o1)C(C#N)=C(N)O2. The molecule has 0 aliphatic carbocycles. The maximum absolute atomic E-state index is 9.59. The second-order valence-corrected chi connectivity index (χ2v) is 6.51. The molecule has 0 bridgehead atoms. The van der Waals surface area contributed by atoms with E-state index in [1.54, 1.807) is 0 Å². The second kappa shape index (κ2) is 5.97. The van der Waals surface area contributed by atoms with E-state index in [0.717, 1.165) is 22.4 Å². The average Bonchev–Trinajstić information content (AvgIpc) is 3.24. The molecule has 1 aliphatic heterocycles. The van der Waals surface area contributed by atoms with E-state index in [4.69, 9.17) is 26.5 Å². The number of aryl methyl sites for hydroxylation is 1. The number of furan rings is 1. The molecular weight excluding hydrogens is 352 g/mol. The molecule has 0 amide bonds. The van der Waals surface area contributed by atoms with Crippen LogP contribution >= 0.6 is 11.6 Å². The molecule has 1 unspecified atom stereocenters. The van der Waals surface area contributed by atoms with E-state index >= 15 is 0 Å². The lowest BCUT2D eigenvalue weighted by atomic mass is 9.88. The zero-order valence-corrected chi connectivity index (χ0v) is 14.9. The van der Waals surface area contributed by atoms with Gasteiger partial charge in [-0.25, -0.2) is 0 Å². The Kier molecular flexibility index (Phi) is 3.74. The van der Waals surface area contributed by atoms with E-state index in [-0.39, 0.29) is 5.88 Å². The smallest absolute Gasteiger partial charge is 0.244 e.